The van der Waals surface area contributed by atoms with Crippen LogP contribution in [0.5, 0.6) is 0 Å². The Labute approximate surface area is 165 Å². The summed E-state index contributed by atoms with van der Waals surface area (Å²) in [5.41, 5.74) is 1.14. The van der Waals surface area contributed by atoms with E-state index in [2.05, 4.69) is 13.8 Å². The lowest BCUT2D eigenvalue weighted by molar-refractivity contribution is 0.0703. The van der Waals surface area contributed by atoms with Gasteiger partial charge in [0.15, 0.2) is 0 Å². The van der Waals surface area contributed by atoms with Crippen LogP contribution in [0.2, 0.25) is 0 Å². The van der Waals surface area contributed by atoms with E-state index in [1.165, 1.54) is 15.6 Å². The lowest BCUT2D eigenvalue weighted by Gasteiger charge is -2.33. The Morgan fingerprint density at radius 2 is 1.67 bits per heavy atom. The molecular weight excluding hydrogens is 380 g/mol. The van der Waals surface area contributed by atoms with Crippen molar-refractivity contribution in [2.24, 2.45) is 5.92 Å². The highest BCUT2D eigenvalue weighted by molar-refractivity contribution is 7.89. The summed E-state index contributed by atoms with van der Waals surface area (Å²) in [7, 11) is -3.52. The zero-order valence-corrected chi connectivity index (χ0v) is 17.6. The molecule has 0 spiro atoms. The van der Waals surface area contributed by atoms with Gasteiger partial charge < -0.3 is 4.90 Å². The summed E-state index contributed by atoms with van der Waals surface area (Å²) < 4.78 is 27.3. The maximum absolute atomic E-state index is 12.9. The Balaban J connectivity index is 1.65. The molecule has 146 valence electrons. The van der Waals surface area contributed by atoms with Crippen LogP contribution in [0, 0.1) is 12.8 Å². The van der Waals surface area contributed by atoms with Gasteiger partial charge in [-0.1, -0.05) is 26.0 Å². The highest BCUT2D eigenvalue weighted by Gasteiger charge is 2.30. The van der Waals surface area contributed by atoms with Crippen molar-refractivity contribution < 1.29 is 13.2 Å². The number of benzene rings is 1. The van der Waals surface area contributed by atoms with E-state index in [9.17, 15) is 13.2 Å². The van der Waals surface area contributed by atoms with Crippen LogP contribution in [0.1, 0.15) is 34.0 Å². The van der Waals surface area contributed by atoms with Crippen molar-refractivity contribution in [3.05, 3.63) is 51.7 Å². The molecule has 3 rings (SSSR count). The topological polar surface area (TPSA) is 57.7 Å². The maximum atomic E-state index is 12.9. The number of sulfonamides is 1. The summed E-state index contributed by atoms with van der Waals surface area (Å²) in [6, 6.07) is 10.9. The minimum atomic E-state index is -3.52. The van der Waals surface area contributed by atoms with Crippen molar-refractivity contribution in [2.45, 2.75) is 32.1 Å². The lowest BCUT2D eigenvalue weighted by Crippen LogP contribution is -2.50. The van der Waals surface area contributed by atoms with Crippen LogP contribution in [-0.2, 0) is 16.4 Å². The zero-order valence-electron chi connectivity index (χ0n) is 16.0. The first-order chi connectivity index (χ1) is 12.8. The number of hydrogen-bond acceptors (Lipinski definition) is 4. The SMILES string of the molecule is Cc1ccc(C(=O)N2CCN(S(=O)(=O)c3ccc(CC(C)C)cc3)CC2)s1. The Bertz CT molecular complexity index is 894. The molecule has 2 aromatic rings. The molecule has 0 aliphatic carbocycles. The van der Waals surface area contributed by atoms with Gasteiger partial charge in [-0.2, -0.15) is 4.31 Å². The number of aryl methyl sites for hydroxylation is 1. The van der Waals surface area contributed by atoms with Crippen molar-refractivity contribution in [3.63, 3.8) is 0 Å². The Morgan fingerprint density at radius 3 is 2.19 bits per heavy atom. The van der Waals surface area contributed by atoms with Gasteiger partial charge in [-0.05, 0) is 49.1 Å². The van der Waals surface area contributed by atoms with Gasteiger partial charge in [-0.3, -0.25) is 4.79 Å². The van der Waals surface area contributed by atoms with Crippen LogP contribution in [0.15, 0.2) is 41.3 Å². The average molecular weight is 407 g/mol. The van der Waals surface area contributed by atoms with Gasteiger partial charge in [-0.25, -0.2) is 8.42 Å². The molecule has 1 fully saturated rings. The van der Waals surface area contributed by atoms with Crippen molar-refractivity contribution in [2.75, 3.05) is 26.2 Å². The molecule has 0 bridgehead atoms. The molecule has 0 atom stereocenters. The Hall–Kier alpha value is -1.70. The molecular formula is C20H26N2O3S2. The van der Waals surface area contributed by atoms with E-state index in [0.29, 0.717) is 41.9 Å². The molecule has 0 unspecified atom stereocenters. The number of rotatable bonds is 5. The van der Waals surface area contributed by atoms with Crippen LogP contribution >= 0.6 is 11.3 Å². The summed E-state index contributed by atoms with van der Waals surface area (Å²) in [6.07, 6.45) is 0.934. The number of nitrogens with zero attached hydrogens (tertiary/aromatic N) is 2. The minimum absolute atomic E-state index is 0.0109. The molecule has 27 heavy (non-hydrogen) atoms. The third kappa shape index (κ3) is 4.59. The van der Waals surface area contributed by atoms with E-state index >= 15 is 0 Å². The van der Waals surface area contributed by atoms with E-state index in [4.69, 9.17) is 0 Å². The number of piperazine rings is 1. The smallest absolute Gasteiger partial charge is 0.264 e. The van der Waals surface area contributed by atoms with E-state index in [-0.39, 0.29) is 5.91 Å². The van der Waals surface area contributed by atoms with Crippen LogP contribution in [-0.4, -0.2) is 49.7 Å². The third-order valence-corrected chi connectivity index (χ3v) is 7.58. The second kappa shape index (κ2) is 8.12. The van der Waals surface area contributed by atoms with E-state index in [1.807, 2.05) is 31.2 Å². The summed E-state index contributed by atoms with van der Waals surface area (Å²) in [6.45, 7) is 7.74. The highest BCUT2D eigenvalue weighted by Crippen LogP contribution is 2.22. The molecule has 0 radical (unpaired) electrons. The fourth-order valence-corrected chi connectivity index (χ4v) is 5.51. The molecule has 1 aliphatic rings. The number of amides is 1. The molecule has 1 amide bonds. The predicted molar refractivity (Wildman–Crippen MR) is 109 cm³/mol. The summed E-state index contributed by atoms with van der Waals surface area (Å²) >= 11 is 1.47. The second-order valence-corrected chi connectivity index (χ2v) is 10.6. The van der Waals surface area contributed by atoms with Crippen molar-refractivity contribution >= 4 is 27.3 Å². The van der Waals surface area contributed by atoms with Gasteiger partial charge in [0.2, 0.25) is 10.0 Å². The molecule has 1 aliphatic heterocycles. The minimum Gasteiger partial charge on any atom is -0.335 e. The predicted octanol–water partition coefficient (Wildman–Crippen LogP) is 3.40. The van der Waals surface area contributed by atoms with E-state index < -0.39 is 10.0 Å². The van der Waals surface area contributed by atoms with Crippen LogP contribution in [0.3, 0.4) is 0 Å². The molecule has 1 aromatic heterocycles. The quantitative estimate of drug-likeness (QED) is 0.765. The number of hydrogen-bond donors (Lipinski definition) is 0. The van der Waals surface area contributed by atoms with Gasteiger partial charge in [0, 0.05) is 31.1 Å². The normalized spacial score (nSPS) is 16.1. The van der Waals surface area contributed by atoms with E-state index in [1.54, 1.807) is 17.0 Å². The van der Waals surface area contributed by atoms with Crippen LogP contribution < -0.4 is 0 Å². The molecule has 1 saturated heterocycles. The fourth-order valence-electron chi connectivity index (χ4n) is 3.25. The van der Waals surface area contributed by atoms with Crippen molar-refractivity contribution in [3.8, 4) is 0 Å². The molecule has 1 aromatic carbocycles. The van der Waals surface area contributed by atoms with Gasteiger partial charge in [-0.15, -0.1) is 11.3 Å². The number of thiophene rings is 1. The summed E-state index contributed by atoms with van der Waals surface area (Å²) in [4.78, 5) is 16.4. The molecule has 0 saturated carbocycles. The molecule has 0 N–H and O–H groups in total. The van der Waals surface area contributed by atoms with Crippen LogP contribution in [0.25, 0.3) is 0 Å². The third-order valence-electron chi connectivity index (χ3n) is 4.68. The molecule has 2 heterocycles. The second-order valence-electron chi connectivity index (χ2n) is 7.35. The van der Waals surface area contributed by atoms with Gasteiger partial charge in [0.1, 0.15) is 0 Å². The van der Waals surface area contributed by atoms with E-state index in [0.717, 1.165) is 16.9 Å². The highest BCUT2D eigenvalue weighted by atomic mass is 32.2. The van der Waals surface area contributed by atoms with Crippen molar-refractivity contribution in [1.29, 1.82) is 0 Å². The standard InChI is InChI=1S/C20H26N2O3S2/c1-15(2)14-17-5-7-18(8-6-17)27(24,25)22-12-10-21(11-13-22)20(23)19-9-4-16(3)26-19/h4-9,15H,10-14H2,1-3H3. The fraction of sp³-hybridized carbons (Fsp3) is 0.450. The number of carbonyl (C=O) groups is 1. The number of carbonyl (C=O) groups excluding carboxylic acids is 1. The van der Waals surface area contributed by atoms with Gasteiger partial charge >= 0.3 is 0 Å². The van der Waals surface area contributed by atoms with Crippen molar-refractivity contribution in [1.82, 2.24) is 9.21 Å². The Kier molecular flexibility index (Phi) is 6.03. The summed E-state index contributed by atoms with van der Waals surface area (Å²) in [5.74, 6) is 0.522. The zero-order chi connectivity index (χ0) is 19.6. The van der Waals surface area contributed by atoms with Crippen LogP contribution in [0.4, 0.5) is 0 Å². The first-order valence-electron chi connectivity index (χ1n) is 9.22. The molecule has 7 heteroatoms. The maximum Gasteiger partial charge on any atom is 0.264 e. The molecule has 5 nitrogen and oxygen atoms in total. The van der Waals surface area contributed by atoms with Gasteiger partial charge in [0.05, 0.1) is 9.77 Å². The monoisotopic (exact) mass is 406 g/mol. The first kappa shape index (κ1) is 20.0. The lowest BCUT2D eigenvalue weighted by atomic mass is 10.0. The first-order valence-corrected chi connectivity index (χ1v) is 11.5. The average Bonchev–Trinajstić information content (AvgIpc) is 3.07. The Morgan fingerprint density at radius 1 is 1.04 bits per heavy atom. The van der Waals surface area contributed by atoms with Gasteiger partial charge in [0.25, 0.3) is 5.91 Å². The largest absolute Gasteiger partial charge is 0.335 e. The summed E-state index contributed by atoms with van der Waals surface area (Å²) in [5, 5.41) is 0.